The first-order chi connectivity index (χ1) is 15.0. The Morgan fingerprint density at radius 2 is 1.90 bits per heavy atom. The highest BCUT2D eigenvalue weighted by atomic mass is 16.5. The van der Waals surface area contributed by atoms with E-state index < -0.39 is 0 Å². The zero-order valence-electron chi connectivity index (χ0n) is 18.0. The van der Waals surface area contributed by atoms with Crippen molar-refractivity contribution in [3.05, 3.63) is 77.5 Å². The minimum Gasteiger partial charge on any atom is -0.493 e. The lowest BCUT2D eigenvalue weighted by molar-refractivity contribution is 0.0992. The van der Waals surface area contributed by atoms with Crippen LogP contribution >= 0.6 is 0 Å². The van der Waals surface area contributed by atoms with E-state index in [1.54, 1.807) is 24.3 Å². The number of amides is 1. The number of anilines is 2. The Hall–Kier alpha value is -3.54. The van der Waals surface area contributed by atoms with E-state index in [0.29, 0.717) is 22.9 Å². The van der Waals surface area contributed by atoms with Crippen LogP contribution in [-0.2, 0) is 6.42 Å². The van der Waals surface area contributed by atoms with Gasteiger partial charge in [0.25, 0.3) is 5.91 Å². The van der Waals surface area contributed by atoms with Crippen LogP contribution in [0, 0.1) is 0 Å². The highest BCUT2D eigenvalue weighted by Crippen LogP contribution is 2.41. The van der Waals surface area contributed by atoms with E-state index in [0.717, 1.165) is 24.1 Å². The third kappa shape index (κ3) is 4.19. The van der Waals surface area contributed by atoms with Gasteiger partial charge in [-0.2, -0.15) is 0 Å². The van der Waals surface area contributed by atoms with Gasteiger partial charge in [-0.05, 0) is 50.5 Å². The van der Waals surface area contributed by atoms with E-state index in [9.17, 15) is 4.79 Å². The molecule has 2 unspecified atom stereocenters. The molecule has 1 aliphatic heterocycles. The molecular formula is C25H27N3O3. The molecule has 6 nitrogen and oxygen atoms in total. The molecule has 2 atom stereocenters. The number of aryl methyl sites for hydroxylation is 1. The van der Waals surface area contributed by atoms with Gasteiger partial charge in [0.15, 0.2) is 11.5 Å². The van der Waals surface area contributed by atoms with Crippen LogP contribution in [0.4, 0.5) is 11.5 Å². The zero-order valence-corrected chi connectivity index (χ0v) is 18.0. The average molecular weight is 418 g/mol. The highest BCUT2D eigenvalue weighted by Gasteiger charge is 2.36. The number of ether oxygens (including phenoxy) is 2. The van der Waals surface area contributed by atoms with Gasteiger partial charge >= 0.3 is 0 Å². The highest BCUT2D eigenvalue weighted by molar-refractivity contribution is 6.11. The largest absolute Gasteiger partial charge is 0.493 e. The molecule has 1 aliphatic rings. The molecule has 3 aromatic rings. The molecule has 0 fully saturated rings. The Bertz CT molecular complexity index is 1080. The van der Waals surface area contributed by atoms with Gasteiger partial charge in [0.05, 0.1) is 24.8 Å². The summed E-state index contributed by atoms with van der Waals surface area (Å²) in [7, 11) is 1.62. The molecule has 0 bridgehead atoms. The number of benzene rings is 2. The number of hydrogen-bond donors (Lipinski definition) is 1. The molecule has 1 aromatic heterocycles. The summed E-state index contributed by atoms with van der Waals surface area (Å²) in [6, 6.07) is 17.4. The van der Waals surface area contributed by atoms with Crippen LogP contribution in [0.15, 0.2) is 60.8 Å². The van der Waals surface area contributed by atoms with Crippen LogP contribution in [0.5, 0.6) is 11.5 Å². The summed E-state index contributed by atoms with van der Waals surface area (Å²) in [5.41, 5.74) is 9.28. The number of fused-ring (bicyclic) bond motifs is 1. The third-order valence-electron chi connectivity index (χ3n) is 5.68. The van der Waals surface area contributed by atoms with Gasteiger partial charge in [-0.1, -0.05) is 30.3 Å². The predicted molar refractivity (Wildman–Crippen MR) is 122 cm³/mol. The zero-order chi connectivity index (χ0) is 22.0. The fourth-order valence-electron chi connectivity index (χ4n) is 3.98. The lowest BCUT2D eigenvalue weighted by Crippen LogP contribution is -2.26. The van der Waals surface area contributed by atoms with Crippen molar-refractivity contribution in [2.75, 3.05) is 17.7 Å². The second kappa shape index (κ2) is 8.68. The normalized spacial score (nSPS) is 16.2. The van der Waals surface area contributed by atoms with Crippen molar-refractivity contribution in [1.82, 2.24) is 4.98 Å². The topological polar surface area (TPSA) is 77.7 Å². The Morgan fingerprint density at radius 1 is 1.13 bits per heavy atom. The minimum absolute atomic E-state index is 0.0164. The van der Waals surface area contributed by atoms with Crippen LogP contribution in [0.2, 0.25) is 0 Å². The minimum atomic E-state index is -0.146. The first-order valence-electron chi connectivity index (χ1n) is 10.5. The molecule has 0 spiro atoms. The molecular weight excluding hydrogens is 390 g/mol. The van der Waals surface area contributed by atoms with E-state index in [1.807, 2.05) is 50.2 Å². The number of nitrogens with zero attached hydrogens (tertiary/aromatic N) is 2. The van der Waals surface area contributed by atoms with Gasteiger partial charge in [-0.25, -0.2) is 4.98 Å². The van der Waals surface area contributed by atoms with E-state index in [2.05, 4.69) is 17.1 Å². The average Bonchev–Trinajstić information content (AvgIpc) is 3.02. The maximum Gasteiger partial charge on any atom is 0.259 e. The number of carbonyl (C=O) groups excluding carboxylic acids is 1. The number of pyridine rings is 1. The summed E-state index contributed by atoms with van der Waals surface area (Å²) in [6.07, 6.45) is 3.46. The van der Waals surface area contributed by atoms with Crippen molar-refractivity contribution in [2.45, 2.75) is 38.8 Å². The second-order valence-electron chi connectivity index (χ2n) is 7.84. The SMILES string of the molecule is COc1ccc(N2C(=O)c3cc(N)ncc3C2C)cc1OC(C)CCc1ccccc1. The first-order valence-corrected chi connectivity index (χ1v) is 10.5. The van der Waals surface area contributed by atoms with Gasteiger partial charge in [-0.15, -0.1) is 0 Å². The molecule has 2 N–H and O–H groups in total. The third-order valence-corrected chi connectivity index (χ3v) is 5.68. The summed E-state index contributed by atoms with van der Waals surface area (Å²) >= 11 is 0. The smallest absolute Gasteiger partial charge is 0.259 e. The number of hydrogen-bond acceptors (Lipinski definition) is 5. The van der Waals surface area contributed by atoms with Gasteiger partial charge in [-0.3, -0.25) is 4.79 Å². The number of aromatic nitrogens is 1. The lowest BCUT2D eigenvalue weighted by Gasteiger charge is -2.24. The summed E-state index contributed by atoms with van der Waals surface area (Å²) in [5.74, 6) is 1.50. The van der Waals surface area contributed by atoms with Gasteiger partial charge < -0.3 is 20.1 Å². The van der Waals surface area contributed by atoms with Gasteiger partial charge in [0.1, 0.15) is 5.82 Å². The second-order valence-corrected chi connectivity index (χ2v) is 7.84. The number of methoxy groups -OCH3 is 1. The van der Waals surface area contributed by atoms with E-state index in [1.165, 1.54) is 5.56 Å². The Balaban J connectivity index is 1.54. The van der Waals surface area contributed by atoms with Crippen LogP contribution in [-0.4, -0.2) is 24.1 Å². The molecule has 6 heteroatoms. The summed E-state index contributed by atoms with van der Waals surface area (Å²) in [4.78, 5) is 19.0. The number of rotatable bonds is 7. The Morgan fingerprint density at radius 3 is 2.65 bits per heavy atom. The van der Waals surface area contributed by atoms with E-state index >= 15 is 0 Å². The summed E-state index contributed by atoms with van der Waals surface area (Å²) in [6.45, 7) is 4.03. The van der Waals surface area contributed by atoms with Crippen molar-refractivity contribution >= 4 is 17.4 Å². The van der Waals surface area contributed by atoms with Gasteiger partial charge in [0, 0.05) is 23.5 Å². The fraction of sp³-hybridized carbons (Fsp3) is 0.280. The summed E-state index contributed by atoms with van der Waals surface area (Å²) < 4.78 is 11.7. The van der Waals surface area contributed by atoms with Crippen LogP contribution in [0.25, 0.3) is 0 Å². The number of nitrogens with two attached hydrogens (primary N) is 1. The van der Waals surface area contributed by atoms with Crippen molar-refractivity contribution in [3.8, 4) is 11.5 Å². The molecule has 2 heterocycles. The molecule has 160 valence electrons. The van der Waals surface area contributed by atoms with Crippen molar-refractivity contribution in [2.24, 2.45) is 0 Å². The molecule has 0 saturated heterocycles. The quantitative estimate of drug-likeness (QED) is 0.598. The predicted octanol–water partition coefficient (Wildman–Crippen LogP) is 4.79. The maximum absolute atomic E-state index is 13.1. The monoisotopic (exact) mass is 417 g/mol. The molecule has 1 amide bonds. The first kappa shape index (κ1) is 20.7. The lowest BCUT2D eigenvalue weighted by atomic mass is 10.1. The molecule has 0 saturated carbocycles. The Labute approximate surface area is 182 Å². The van der Waals surface area contributed by atoms with Crippen molar-refractivity contribution in [3.63, 3.8) is 0 Å². The molecule has 4 rings (SSSR count). The molecule has 2 aromatic carbocycles. The van der Waals surface area contributed by atoms with Crippen molar-refractivity contribution < 1.29 is 14.3 Å². The van der Waals surface area contributed by atoms with Crippen molar-refractivity contribution in [1.29, 1.82) is 0 Å². The number of carbonyl (C=O) groups is 1. The van der Waals surface area contributed by atoms with Crippen LogP contribution in [0.3, 0.4) is 0 Å². The Kier molecular flexibility index (Phi) is 5.80. The van der Waals surface area contributed by atoms with E-state index in [-0.39, 0.29) is 18.1 Å². The van der Waals surface area contributed by atoms with Crippen LogP contribution in [0.1, 0.15) is 47.8 Å². The molecule has 0 aliphatic carbocycles. The van der Waals surface area contributed by atoms with Crippen LogP contribution < -0.4 is 20.1 Å². The maximum atomic E-state index is 13.1. The number of nitrogen functional groups attached to an aromatic ring is 1. The molecule has 31 heavy (non-hydrogen) atoms. The van der Waals surface area contributed by atoms with Gasteiger partial charge in [0.2, 0.25) is 0 Å². The van der Waals surface area contributed by atoms with E-state index in [4.69, 9.17) is 15.2 Å². The standard InChI is InChI=1S/C25H27N3O3/c1-16(9-10-18-7-5-4-6-8-18)31-23-13-19(11-12-22(23)30-3)28-17(2)21-15-27-24(26)14-20(21)25(28)29/h4-8,11-17H,9-10H2,1-3H3,(H2,26,27). The molecule has 0 radical (unpaired) electrons. The fourth-order valence-corrected chi connectivity index (χ4v) is 3.98. The summed E-state index contributed by atoms with van der Waals surface area (Å²) in [5, 5.41) is 0.